The van der Waals surface area contributed by atoms with E-state index >= 15 is 0 Å². The quantitative estimate of drug-likeness (QED) is 0.679. The average Bonchev–Trinajstić information content (AvgIpc) is 3.24. The van der Waals surface area contributed by atoms with Gasteiger partial charge in [0.25, 0.3) is 0 Å². The Morgan fingerprint density at radius 3 is 2.27 bits per heavy atom. The summed E-state index contributed by atoms with van der Waals surface area (Å²) in [7, 11) is 2.16. The van der Waals surface area contributed by atoms with E-state index in [0.29, 0.717) is 23.5 Å². The Morgan fingerprint density at radius 1 is 0.867 bits per heavy atom. The molecule has 0 atom stereocenters. The summed E-state index contributed by atoms with van der Waals surface area (Å²) in [6, 6.07) is 15.4. The number of nitrogens with zero attached hydrogens (tertiary/aromatic N) is 1. The summed E-state index contributed by atoms with van der Waals surface area (Å²) < 4.78 is 0. The minimum Gasteiger partial charge on any atom is -0.306 e. The van der Waals surface area contributed by atoms with Gasteiger partial charge in [-0.15, -0.1) is 0 Å². The summed E-state index contributed by atoms with van der Waals surface area (Å²) in [4.78, 5) is 28.7. The van der Waals surface area contributed by atoms with Crippen LogP contribution in [0.25, 0.3) is 5.57 Å². The van der Waals surface area contributed by atoms with E-state index in [-0.39, 0.29) is 11.6 Å². The molecule has 3 aliphatic rings. The molecule has 0 bridgehead atoms. The Bertz CT molecular complexity index is 1130. The maximum Gasteiger partial charge on any atom is 0.194 e. The Hall–Kier alpha value is -3.04. The SMILES string of the molecule is CN1CCC(/C=C/C=C2/C(=O)c3ccccc3/C2=C2\Cc3ccccc3C2=O)CC1. The molecule has 2 aliphatic carbocycles. The smallest absolute Gasteiger partial charge is 0.194 e. The van der Waals surface area contributed by atoms with Crippen LogP contribution in [0.2, 0.25) is 0 Å². The van der Waals surface area contributed by atoms with E-state index < -0.39 is 0 Å². The van der Waals surface area contributed by atoms with Crippen LogP contribution >= 0.6 is 0 Å². The topological polar surface area (TPSA) is 37.4 Å². The lowest BCUT2D eigenvalue weighted by Crippen LogP contribution is -2.29. The Kier molecular flexibility index (Phi) is 4.84. The molecular weight excluding hydrogens is 370 g/mol. The largest absolute Gasteiger partial charge is 0.306 e. The van der Waals surface area contributed by atoms with Gasteiger partial charge in [0, 0.05) is 34.3 Å². The number of Topliss-reactive ketones (excluding diaryl/α,β-unsaturated/α-hetero) is 2. The second-order valence-corrected chi connectivity index (χ2v) is 8.50. The van der Waals surface area contributed by atoms with Crippen molar-refractivity contribution in [2.45, 2.75) is 19.3 Å². The highest BCUT2D eigenvalue weighted by Gasteiger charge is 2.36. The van der Waals surface area contributed by atoms with E-state index in [1.165, 1.54) is 0 Å². The number of ketones is 2. The Morgan fingerprint density at radius 2 is 1.53 bits per heavy atom. The van der Waals surface area contributed by atoms with Crippen molar-refractivity contribution in [3.63, 3.8) is 0 Å². The molecule has 0 N–H and O–H groups in total. The highest BCUT2D eigenvalue weighted by Crippen LogP contribution is 2.42. The van der Waals surface area contributed by atoms with E-state index in [0.717, 1.165) is 53.8 Å². The Balaban J connectivity index is 1.55. The first-order valence-electron chi connectivity index (χ1n) is 10.7. The van der Waals surface area contributed by atoms with Crippen LogP contribution < -0.4 is 0 Å². The molecule has 0 saturated carbocycles. The van der Waals surface area contributed by atoms with Crippen LogP contribution in [0.5, 0.6) is 0 Å². The number of carbonyl (C=O) groups is 2. The first-order chi connectivity index (χ1) is 14.6. The first kappa shape index (κ1) is 19.0. The normalized spacial score (nSPS) is 23.6. The van der Waals surface area contributed by atoms with E-state index in [1.807, 2.05) is 60.7 Å². The minimum absolute atomic E-state index is 0.0184. The molecule has 3 nitrogen and oxygen atoms in total. The molecule has 1 fully saturated rings. The minimum atomic E-state index is 0.0184. The van der Waals surface area contributed by atoms with E-state index in [1.54, 1.807) is 0 Å². The molecule has 2 aromatic carbocycles. The van der Waals surface area contributed by atoms with Gasteiger partial charge in [-0.05, 0) is 50.0 Å². The number of likely N-dealkylation sites (tertiary alicyclic amines) is 1. The fraction of sp³-hybridized carbons (Fsp3) is 0.259. The third kappa shape index (κ3) is 3.20. The van der Waals surface area contributed by atoms with Gasteiger partial charge < -0.3 is 4.90 Å². The van der Waals surface area contributed by atoms with Crippen LogP contribution in [-0.2, 0) is 6.42 Å². The fourth-order valence-corrected chi connectivity index (χ4v) is 4.85. The maximum absolute atomic E-state index is 13.2. The maximum atomic E-state index is 13.2. The number of fused-ring (bicyclic) bond motifs is 2. The summed E-state index contributed by atoms with van der Waals surface area (Å²) >= 11 is 0. The Labute approximate surface area is 177 Å². The highest BCUT2D eigenvalue weighted by molar-refractivity contribution is 6.31. The molecule has 1 heterocycles. The van der Waals surface area contributed by atoms with Crippen molar-refractivity contribution in [3.05, 3.63) is 100 Å². The van der Waals surface area contributed by atoms with Gasteiger partial charge in [-0.2, -0.15) is 0 Å². The summed E-state index contributed by atoms with van der Waals surface area (Å²) in [6.45, 7) is 2.22. The summed E-state index contributed by atoms with van der Waals surface area (Å²) in [5, 5.41) is 0. The highest BCUT2D eigenvalue weighted by atomic mass is 16.1. The van der Waals surface area contributed by atoms with Gasteiger partial charge in [-0.1, -0.05) is 66.8 Å². The summed E-state index contributed by atoms with van der Waals surface area (Å²) in [6.07, 6.45) is 9.06. The number of hydrogen-bond acceptors (Lipinski definition) is 3. The molecule has 5 rings (SSSR count). The predicted molar refractivity (Wildman–Crippen MR) is 120 cm³/mol. The molecule has 1 saturated heterocycles. The van der Waals surface area contributed by atoms with Gasteiger partial charge in [-0.25, -0.2) is 0 Å². The molecular formula is C27H25NO2. The molecule has 0 amide bonds. The third-order valence-electron chi connectivity index (χ3n) is 6.57. The van der Waals surface area contributed by atoms with Crippen LogP contribution in [0.3, 0.4) is 0 Å². The van der Waals surface area contributed by atoms with Crippen molar-refractivity contribution in [3.8, 4) is 0 Å². The second-order valence-electron chi connectivity index (χ2n) is 8.50. The zero-order chi connectivity index (χ0) is 20.7. The third-order valence-corrected chi connectivity index (χ3v) is 6.57. The number of rotatable bonds is 2. The molecule has 1 aliphatic heterocycles. The van der Waals surface area contributed by atoms with Crippen LogP contribution in [0, 0.1) is 5.92 Å². The van der Waals surface area contributed by atoms with Crippen molar-refractivity contribution in [1.82, 2.24) is 4.90 Å². The molecule has 0 aromatic heterocycles. The molecule has 0 radical (unpaired) electrons. The fourth-order valence-electron chi connectivity index (χ4n) is 4.85. The molecule has 0 spiro atoms. The number of benzene rings is 2. The second kappa shape index (κ2) is 7.66. The molecule has 30 heavy (non-hydrogen) atoms. The zero-order valence-corrected chi connectivity index (χ0v) is 17.2. The van der Waals surface area contributed by atoms with Crippen LogP contribution in [0.1, 0.15) is 44.7 Å². The van der Waals surface area contributed by atoms with Gasteiger partial charge in [0.1, 0.15) is 0 Å². The number of allylic oxidation sites excluding steroid dienone is 6. The van der Waals surface area contributed by atoms with E-state index in [4.69, 9.17) is 0 Å². The van der Waals surface area contributed by atoms with E-state index in [9.17, 15) is 9.59 Å². The molecule has 150 valence electrons. The first-order valence-corrected chi connectivity index (χ1v) is 10.7. The molecule has 3 heteroatoms. The lowest BCUT2D eigenvalue weighted by Gasteiger charge is -2.26. The van der Waals surface area contributed by atoms with Crippen LogP contribution in [0.4, 0.5) is 0 Å². The average molecular weight is 396 g/mol. The van der Waals surface area contributed by atoms with Crippen molar-refractivity contribution in [1.29, 1.82) is 0 Å². The van der Waals surface area contributed by atoms with Gasteiger partial charge in [-0.3, -0.25) is 9.59 Å². The van der Waals surface area contributed by atoms with E-state index in [2.05, 4.69) is 18.0 Å². The summed E-state index contributed by atoms with van der Waals surface area (Å²) in [5.41, 5.74) is 5.61. The standard InChI is InChI=1S/C27H25NO2/c1-28-15-13-18(14-16-28)7-6-12-23-25(21-10-4-5-11-22(21)27(23)30)24-17-19-8-2-3-9-20(19)26(24)29/h2-12,18H,13-17H2,1H3/b7-6+,23-12+,25-24-. The van der Waals surface area contributed by atoms with Crippen molar-refractivity contribution < 1.29 is 9.59 Å². The van der Waals surface area contributed by atoms with Gasteiger partial charge >= 0.3 is 0 Å². The monoisotopic (exact) mass is 395 g/mol. The van der Waals surface area contributed by atoms with Crippen molar-refractivity contribution in [2.75, 3.05) is 20.1 Å². The van der Waals surface area contributed by atoms with Crippen molar-refractivity contribution >= 4 is 17.1 Å². The predicted octanol–water partition coefficient (Wildman–Crippen LogP) is 4.90. The molecule has 2 aromatic rings. The van der Waals surface area contributed by atoms with Gasteiger partial charge in [0.05, 0.1) is 0 Å². The van der Waals surface area contributed by atoms with Crippen molar-refractivity contribution in [2.24, 2.45) is 5.92 Å². The van der Waals surface area contributed by atoms with Crippen LogP contribution in [-0.4, -0.2) is 36.6 Å². The zero-order valence-electron chi connectivity index (χ0n) is 17.2. The summed E-state index contributed by atoms with van der Waals surface area (Å²) in [5.74, 6) is 0.616. The number of piperidine rings is 1. The lowest BCUT2D eigenvalue weighted by atomic mass is 9.94. The van der Waals surface area contributed by atoms with Gasteiger partial charge in [0.2, 0.25) is 0 Å². The van der Waals surface area contributed by atoms with Gasteiger partial charge in [0.15, 0.2) is 11.6 Å². The lowest BCUT2D eigenvalue weighted by molar-refractivity contribution is 0.103. The number of hydrogen-bond donors (Lipinski definition) is 0. The number of carbonyl (C=O) groups excluding carboxylic acids is 2. The van der Waals surface area contributed by atoms with Crippen LogP contribution in [0.15, 0.2) is 77.9 Å². The molecule has 0 unspecified atom stereocenters.